The van der Waals surface area contributed by atoms with Gasteiger partial charge in [0.1, 0.15) is 5.75 Å². The molecule has 7 nitrogen and oxygen atoms in total. The van der Waals surface area contributed by atoms with E-state index in [2.05, 4.69) is 5.32 Å². The van der Waals surface area contributed by atoms with Crippen molar-refractivity contribution in [3.63, 3.8) is 0 Å². The number of hydrogen-bond acceptors (Lipinski definition) is 5. The summed E-state index contributed by atoms with van der Waals surface area (Å²) in [5.41, 5.74) is 0. The van der Waals surface area contributed by atoms with Crippen LogP contribution in [0.1, 0.15) is 6.92 Å². The molecule has 0 saturated carbocycles. The zero-order chi connectivity index (χ0) is 16.1. The van der Waals surface area contributed by atoms with E-state index in [1.165, 1.54) is 6.92 Å². The molecule has 0 radical (unpaired) electrons. The number of halogens is 1. The molecule has 0 aromatic heterocycles. The summed E-state index contributed by atoms with van der Waals surface area (Å²) in [6.07, 6.45) is -0.904. The predicted octanol–water partition coefficient (Wildman–Crippen LogP) is 1.20. The number of rotatable bonds is 5. The molecule has 118 valence electrons. The second kappa shape index (κ2) is 7.13. The van der Waals surface area contributed by atoms with Crippen LogP contribution < -0.4 is 10.1 Å². The van der Waals surface area contributed by atoms with Crippen molar-refractivity contribution >= 4 is 29.5 Å². The molecular formula is C14H15ClN2O5. The van der Waals surface area contributed by atoms with E-state index in [1.54, 1.807) is 24.3 Å². The fourth-order valence-electron chi connectivity index (χ4n) is 1.83. The second-order valence-corrected chi connectivity index (χ2v) is 5.04. The lowest BCUT2D eigenvalue weighted by atomic mass is 10.3. The highest BCUT2D eigenvalue weighted by atomic mass is 35.5. The number of hydrogen-bond donors (Lipinski definition) is 1. The fourth-order valence-corrected chi connectivity index (χ4v) is 2.01. The predicted molar refractivity (Wildman–Crippen MR) is 77.6 cm³/mol. The van der Waals surface area contributed by atoms with Crippen molar-refractivity contribution in [2.75, 3.05) is 19.7 Å². The molecule has 1 aliphatic rings. The minimum atomic E-state index is -0.904. The lowest BCUT2D eigenvalue weighted by molar-refractivity contribution is -0.156. The van der Waals surface area contributed by atoms with Crippen molar-refractivity contribution in [2.45, 2.75) is 13.0 Å². The summed E-state index contributed by atoms with van der Waals surface area (Å²) >= 11 is 5.81. The van der Waals surface area contributed by atoms with Gasteiger partial charge in [-0.05, 0) is 25.1 Å². The Bertz CT molecular complexity index is 592. The molecule has 0 aliphatic carbocycles. The summed E-state index contributed by atoms with van der Waals surface area (Å²) in [6.45, 7) is 1.66. The number of amides is 3. The molecule has 1 fully saturated rings. The maximum atomic E-state index is 11.8. The molecule has 2 rings (SSSR count). The third-order valence-corrected chi connectivity index (χ3v) is 3.17. The highest BCUT2D eigenvalue weighted by Crippen LogP contribution is 2.18. The number of carbonyl (C=O) groups excluding carboxylic acids is 3. The lowest BCUT2D eigenvalue weighted by Gasteiger charge is -2.15. The van der Waals surface area contributed by atoms with Crippen LogP contribution in [-0.2, 0) is 14.3 Å². The van der Waals surface area contributed by atoms with Gasteiger partial charge in [-0.25, -0.2) is 9.59 Å². The Kier molecular flexibility index (Phi) is 5.21. The topological polar surface area (TPSA) is 84.9 Å². The van der Waals surface area contributed by atoms with Gasteiger partial charge in [0, 0.05) is 18.1 Å². The largest absolute Gasteiger partial charge is 0.479 e. The van der Waals surface area contributed by atoms with Gasteiger partial charge in [0.15, 0.2) is 12.7 Å². The first-order chi connectivity index (χ1) is 10.5. The number of nitrogens with one attached hydrogen (secondary N) is 1. The number of benzene rings is 1. The molecular weight excluding hydrogens is 312 g/mol. The average molecular weight is 327 g/mol. The van der Waals surface area contributed by atoms with Crippen LogP contribution in [0.5, 0.6) is 5.75 Å². The zero-order valence-corrected chi connectivity index (χ0v) is 12.6. The summed E-state index contributed by atoms with van der Waals surface area (Å²) in [7, 11) is 0. The van der Waals surface area contributed by atoms with Gasteiger partial charge in [-0.2, -0.15) is 0 Å². The van der Waals surface area contributed by atoms with Gasteiger partial charge in [-0.3, -0.25) is 9.69 Å². The van der Waals surface area contributed by atoms with E-state index in [4.69, 9.17) is 21.1 Å². The van der Waals surface area contributed by atoms with Crippen LogP contribution in [-0.4, -0.2) is 48.6 Å². The Balaban J connectivity index is 1.81. The molecule has 1 aromatic carbocycles. The number of imide groups is 1. The molecule has 1 N–H and O–H groups in total. The summed E-state index contributed by atoms with van der Waals surface area (Å²) < 4.78 is 10.2. The standard InChI is InChI=1S/C14H15ClN2O5/c1-9(22-11-4-2-3-10(15)7-11)13(19)21-8-12(18)17-6-5-16-14(17)20/h2-4,7,9H,5-6,8H2,1H3,(H,16,20). The first-order valence-corrected chi connectivity index (χ1v) is 7.02. The van der Waals surface area contributed by atoms with E-state index in [9.17, 15) is 14.4 Å². The summed E-state index contributed by atoms with van der Waals surface area (Å²) in [4.78, 5) is 35.8. The van der Waals surface area contributed by atoms with E-state index < -0.39 is 30.6 Å². The van der Waals surface area contributed by atoms with Crippen molar-refractivity contribution in [1.82, 2.24) is 10.2 Å². The van der Waals surface area contributed by atoms with Gasteiger partial charge in [0.2, 0.25) is 0 Å². The van der Waals surface area contributed by atoms with Gasteiger partial charge < -0.3 is 14.8 Å². The zero-order valence-electron chi connectivity index (χ0n) is 11.9. The van der Waals surface area contributed by atoms with Gasteiger partial charge in [0.25, 0.3) is 5.91 Å². The highest BCUT2D eigenvalue weighted by Gasteiger charge is 2.27. The minimum absolute atomic E-state index is 0.268. The summed E-state index contributed by atoms with van der Waals surface area (Å²) in [6, 6.07) is 6.09. The monoisotopic (exact) mass is 326 g/mol. The van der Waals surface area contributed by atoms with Crippen LogP contribution in [0.4, 0.5) is 4.79 Å². The Morgan fingerprint density at radius 2 is 2.23 bits per heavy atom. The molecule has 22 heavy (non-hydrogen) atoms. The molecule has 8 heteroatoms. The van der Waals surface area contributed by atoms with E-state index in [1.807, 2.05) is 0 Å². The van der Waals surface area contributed by atoms with Crippen molar-refractivity contribution in [3.8, 4) is 5.75 Å². The fraction of sp³-hybridized carbons (Fsp3) is 0.357. The normalized spacial score (nSPS) is 15.2. The van der Waals surface area contributed by atoms with Crippen LogP contribution in [0.2, 0.25) is 5.02 Å². The number of esters is 1. The molecule has 1 atom stereocenters. The quantitative estimate of drug-likeness (QED) is 0.822. The molecule has 1 aliphatic heterocycles. The van der Waals surface area contributed by atoms with Crippen LogP contribution in [0.15, 0.2) is 24.3 Å². The SMILES string of the molecule is CC(Oc1cccc(Cl)c1)C(=O)OCC(=O)N1CCNC1=O. The van der Waals surface area contributed by atoms with Gasteiger partial charge in [-0.1, -0.05) is 17.7 Å². The Hall–Kier alpha value is -2.28. The second-order valence-electron chi connectivity index (χ2n) is 4.60. The molecule has 1 heterocycles. The third kappa shape index (κ3) is 4.11. The average Bonchev–Trinajstić information content (AvgIpc) is 2.90. The van der Waals surface area contributed by atoms with Crippen LogP contribution in [0, 0.1) is 0 Å². The maximum Gasteiger partial charge on any atom is 0.347 e. The van der Waals surface area contributed by atoms with Gasteiger partial charge in [-0.15, -0.1) is 0 Å². The summed E-state index contributed by atoms with van der Waals surface area (Å²) in [5, 5.41) is 2.97. The number of carbonyl (C=O) groups is 3. The molecule has 1 saturated heterocycles. The van der Waals surface area contributed by atoms with Crippen LogP contribution in [0.25, 0.3) is 0 Å². The van der Waals surface area contributed by atoms with E-state index >= 15 is 0 Å². The molecule has 0 spiro atoms. The number of ether oxygens (including phenoxy) is 2. The molecule has 1 aromatic rings. The van der Waals surface area contributed by atoms with Crippen molar-refractivity contribution in [2.24, 2.45) is 0 Å². The van der Waals surface area contributed by atoms with Crippen molar-refractivity contribution in [3.05, 3.63) is 29.3 Å². The minimum Gasteiger partial charge on any atom is -0.479 e. The highest BCUT2D eigenvalue weighted by molar-refractivity contribution is 6.30. The third-order valence-electron chi connectivity index (χ3n) is 2.94. The first kappa shape index (κ1) is 16.1. The molecule has 1 unspecified atom stereocenters. The number of nitrogens with zero attached hydrogens (tertiary/aromatic N) is 1. The Morgan fingerprint density at radius 3 is 2.86 bits per heavy atom. The van der Waals surface area contributed by atoms with Crippen molar-refractivity contribution < 1.29 is 23.9 Å². The summed E-state index contributed by atoms with van der Waals surface area (Å²) in [5.74, 6) is -0.853. The van der Waals surface area contributed by atoms with Gasteiger partial charge in [0.05, 0.1) is 0 Å². The maximum absolute atomic E-state index is 11.8. The number of urea groups is 1. The van der Waals surface area contributed by atoms with E-state index in [0.29, 0.717) is 17.3 Å². The molecule has 0 bridgehead atoms. The van der Waals surface area contributed by atoms with E-state index in [0.717, 1.165) is 4.90 Å². The smallest absolute Gasteiger partial charge is 0.347 e. The Morgan fingerprint density at radius 1 is 1.45 bits per heavy atom. The van der Waals surface area contributed by atoms with E-state index in [-0.39, 0.29) is 6.54 Å². The van der Waals surface area contributed by atoms with Crippen LogP contribution in [0.3, 0.4) is 0 Å². The Labute approximate surface area is 132 Å². The first-order valence-electron chi connectivity index (χ1n) is 6.64. The lowest BCUT2D eigenvalue weighted by Crippen LogP contribution is -2.38. The van der Waals surface area contributed by atoms with Gasteiger partial charge >= 0.3 is 12.0 Å². The van der Waals surface area contributed by atoms with Crippen LogP contribution >= 0.6 is 11.6 Å². The van der Waals surface area contributed by atoms with Crippen molar-refractivity contribution in [1.29, 1.82) is 0 Å². The molecule has 3 amide bonds.